The van der Waals surface area contributed by atoms with Crippen molar-refractivity contribution in [2.75, 3.05) is 44.4 Å². The van der Waals surface area contributed by atoms with E-state index in [4.69, 9.17) is 15.6 Å². The number of aliphatic carboxylic acids is 1. The number of likely N-dealkylation sites (N-methyl/N-ethyl adjacent to an activating group) is 1. The van der Waals surface area contributed by atoms with E-state index in [-0.39, 0.29) is 48.3 Å². The molecule has 1 saturated heterocycles. The van der Waals surface area contributed by atoms with Crippen LogP contribution in [0.15, 0.2) is 18.2 Å². The zero-order chi connectivity index (χ0) is 36.0. The predicted octanol–water partition coefficient (Wildman–Crippen LogP) is 2.83. The van der Waals surface area contributed by atoms with E-state index in [1.165, 1.54) is 30.6 Å². The molecule has 4 amide bonds. The highest BCUT2D eigenvalue weighted by Gasteiger charge is 2.39. The largest absolute Gasteiger partial charge is 0.480 e. The second-order valence-electron chi connectivity index (χ2n) is 13.3. The highest BCUT2D eigenvalue weighted by atomic mass is 32.2. The summed E-state index contributed by atoms with van der Waals surface area (Å²) in [6, 6.07) is 4.29. The number of ketones is 1. The van der Waals surface area contributed by atoms with Crippen molar-refractivity contribution in [3.8, 4) is 5.69 Å². The molecule has 49 heavy (non-hydrogen) atoms. The molecule has 0 bridgehead atoms. The first-order valence-corrected chi connectivity index (χ1v) is 17.5. The number of nitrogens with two attached hydrogens (primary N) is 1. The first-order chi connectivity index (χ1) is 23.1. The number of carboxylic acid groups (broad SMARTS) is 1. The fraction of sp³-hybridized carbons (Fsp3) is 0.559. The third kappa shape index (κ3) is 9.06. The van der Waals surface area contributed by atoms with E-state index in [2.05, 4.69) is 24.3 Å². The second-order valence-corrected chi connectivity index (χ2v) is 14.6. The van der Waals surface area contributed by atoms with E-state index in [1.807, 2.05) is 13.0 Å². The molecule has 4 N–H and O–H groups in total. The summed E-state index contributed by atoms with van der Waals surface area (Å²) in [5, 5.41) is 16.4. The maximum absolute atomic E-state index is 12.9. The maximum atomic E-state index is 12.9. The minimum absolute atomic E-state index is 0.0681. The number of likely N-dealkylation sites (tertiary alicyclic amines) is 1. The molecule has 1 unspecified atom stereocenters. The number of aryl methyl sites for hydroxylation is 1. The van der Waals surface area contributed by atoms with E-state index in [1.54, 1.807) is 16.8 Å². The van der Waals surface area contributed by atoms with Gasteiger partial charge in [-0.1, -0.05) is 13.8 Å². The number of aromatic nitrogens is 2. The van der Waals surface area contributed by atoms with E-state index >= 15 is 0 Å². The number of benzene rings is 1. The van der Waals surface area contributed by atoms with Crippen LogP contribution >= 0.6 is 11.8 Å². The number of anilines is 1. The molecule has 0 saturated carbocycles. The SMILES string of the molecule is Cc1nn(-c2ccc(C(N)=O)c(NCCCOCCCN3C(=O)CC(SCCC(=O)N(C)[C@@H](C)C(=O)O)C3=O)c2)c2c1C(=O)CC(C)(C)C2. The van der Waals surface area contributed by atoms with Gasteiger partial charge in [0.05, 0.1) is 33.5 Å². The second kappa shape index (κ2) is 16.0. The molecule has 14 nitrogen and oxygen atoms in total. The Morgan fingerprint density at radius 1 is 1.18 bits per heavy atom. The van der Waals surface area contributed by atoms with Crippen molar-refractivity contribution in [3.05, 3.63) is 40.7 Å². The minimum atomic E-state index is -1.10. The fourth-order valence-electron chi connectivity index (χ4n) is 6.07. The van der Waals surface area contributed by atoms with Crippen LogP contribution in [-0.2, 0) is 30.3 Å². The lowest BCUT2D eigenvalue weighted by atomic mass is 9.75. The number of amides is 4. The van der Waals surface area contributed by atoms with Gasteiger partial charge in [0, 0.05) is 64.1 Å². The zero-order valence-corrected chi connectivity index (χ0v) is 29.6. The van der Waals surface area contributed by atoms with Gasteiger partial charge in [-0.25, -0.2) is 9.48 Å². The van der Waals surface area contributed by atoms with E-state index < -0.39 is 23.2 Å². The Morgan fingerprint density at radius 3 is 2.59 bits per heavy atom. The van der Waals surface area contributed by atoms with Gasteiger partial charge in [-0.15, -0.1) is 11.8 Å². The standard InChI is InChI=1S/C34H46N6O8S/c1-20-30-25(18-34(3,4)19-26(30)41)40(37-20)22-8-9-23(31(35)44)24(16-22)36-11-6-13-48-14-7-12-39-29(43)17-27(32(39)45)49-15-10-28(42)38(5)21(2)33(46)47/h8-9,16,21,27,36H,6-7,10-15,17-19H2,1-5H3,(H2,35,44)(H,46,47)/t21-,27?/m0/s1. The van der Waals surface area contributed by atoms with Crippen molar-refractivity contribution in [1.29, 1.82) is 0 Å². The Balaban J connectivity index is 1.20. The molecule has 0 spiro atoms. The first-order valence-electron chi connectivity index (χ1n) is 16.4. The highest BCUT2D eigenvalue weighted by Crippen LogP contribution is 2.37. The van der Waals surface area contributed by atoms with E-state index in [0.29, 0.717) is 73.7 Å². The number of imide groups is 1. The van der Waals surface area contributed by atoms with Crippen molar-refractivity contribution in [2.24, 2.45) is 11.1 Å². The topological polar surface area (TPSA) is 194 Å². The molecule has 1 fully saturated rings. The fourth-order valence-corrected chi connectivity index (χ4v) is 7.17. The number of thioether (sulfide) groups is 1. The molecule has 1 aromatic carbocycles. The average Bonchev–Trinajstić information content (AvgIpc) is 3.50. The van der Waals surface area contributed by atoms with Crippen molar-refractivity contribution in [2.45, 2.75) is 77.5 Å². The van der Waals surface area contributed by atoms with Crippen LogP contribution in [0.3, 0.4) is 0 Å². The Bertz CT molecular complexity index is 1620. The Kier molecular flexibility index (Phi) is 12.3. The summed E-state index contributed by atoms with van der Waals surface area (Å²) < 4.78 is 7.51. The number of nitrogens with one attached hydrogen (secondary N) is 1. The number of carbonyl (C=O) groups excluding carboxylic acids is 5. The van der Waals surface area contributed by atoms with E-state index in [0.717, 1.165) is 16.3 Å². The number of Topliss-reactive ketones (excluding diaryl/α,β-unsaturated/α-hetero) is 1. The lowest BCUT2D eigenvalue weighted by Gasteiger charge is -2.29. The Morgan fingerprint density at radius 2 is 1.90 bits per heavy atom. The van der Waals surface area contributed by atoms with Crippen LogP contribution in [0.2, 0.25) is 0 Å². The molecule has 2 heterocycles. The third-order valence-electron chi connectivity index (χ3n) is 8.85. The minimum Gasteiger partial charge on any atom is -0.480 e. The summed E-state index contributed by atoms with van der Waals surface area (Å²) >= 11 is 1.23. The molecule has 4 rings (SSSR count). The zero-order valence-electron chi connectivity index (χ0n) is 28.7. The van der Waals surface area contributed by atoms with Gasteiger partial charge in [-0.05, 0) is 56.7 Å². The average molecular weight is 699 g/mol. The summed E-state index contributed by atoms with van der Waals surface area (Å²) in [4.78, 5) is 76.0. The van der Waals surface area contributed by atoms with Crippen LogP contribution in [0.1, 0.15) is 85.0 Å². The molecular weight excluding hydrogens is 652 g/mol. The van der Waals surface area contributed by atoms with Gasteiger partial charge in [0.25, 0.3) is 5.91 Å². The smallest absolute Gasteiger partial charge is 0.326 e. The first kappa shape index (κ1) is 37.6. The number of ether oxygens (including phenoxy) is 1. The van der Waals surface area contributed by atoms with Crippen molar-refractivity contribution in [3.63, 3.8) is 0 Å². The monoisotopic (exact) mass is 698 g/mol. The van der Waals surface area contributed by atoms with Gasteiger partial charge in [0.15, 0.2) is 5.78 Å². The number of hydrogen-bond acceptors (Lipinski definition) is 10. The molecule has 0 radical (unpaired) electrons. The molecule has 2 aliphatic rings. The summed E-state index contributed by atoms with van der Waals surface area (Å²) in [6.07, 6.45) is 2.39. The maximum Gasteiger partial charge on any atom is 0.326 e. The van der Waals surface area contributed by atoms with Gasteiger partial charge >= 0.3 is 5.97 Å². The lowest BCUT2D eigenvalue weighted by Crippen LogP contribution is -2.40. The van der Waals surface area contributed by atoms with Gasteiger partial charge in [-0.2, -0.15) is 5.10 Å². The molecule has 266 valence electrons. The van der Waals surface area contributed by atoms with Crippen LogP contribution < -0.4 is 11.1 Å². The van der Waals surface area contributed by atoms with Crippen molar-refractivity contribution < 1.29 is 38.6 Å². The predicted molar refractivity (Wildman–Crippen MR) is 184 cm³/mol. The molecule has 15 heteroatoms. The number of fused-ring (bicyclic) bond motifs is 1. The summed E-state index contributed by atoms with van der Waals surface area (Å²) in [5.74, 6) is -2.16. The number of rotatable bonds is 17. The number of hydrogen-bond donors (Lipinski definition) is 3. The van der Waals surface area contributed by atoms with Gasteiger partial charge < -0.3 is 25.8 Å². The van der Waals surface area contributed by atoms with E-state index in [9.17, 15) is 28.8 Å². The van der Waals surface area contributed by atoms with Gasteiger partial charge in [-0.3, -0.25) is 28.9 Å². The van der Waals surface area contributed by atoms with Gasteiger partial charge in [0.1, 0.15) is 6.04 Å². The molecule has 1 aliphatic carbocycles. The summed E-state index contributed by atoms with van der Waals surface area (Å²) in [5.41, 5.74) is 9.28. The van der Waals surface area contributed by atoms with Crippen LogP contribution in [0.25, 0.3) is 5.69 Å². The van der Waals surface area contributed by atoms with Crippen LogP contribution in [0.5, 0.6) is 0 Å². The third-order valence-corrected chi connectivity index (χ3v) is 10.1. The van der Waals surface area contributed by atoms with Crippen LogP contribution in [-0.4, -0.2) is 110 Å². The Labute approximate surface area is 290 Å². The lowest BCUT2D eigenvalue weighted by molar-refractivity contribution is -0.148. The normalized spacial score (nSPS) is 17.6. The highest BCUT2D eigenvalue weighted by molar-refractivity contribution is 8.00. The Hall–Kier alpha value is -4.24. The molecule has 2 atom stereocenters. The van der Waals surface area contributed by atoms with Crippen LogP contribution in [0, 0.1) is 12.3 Å². The number of primary amides is 1. The molecule has 2 aromatic rings. The number of carbonyl (C=O) groups is 6. The summed E-state index contributed by atoms with van der Waals surface area (Å²) in [7, 11) is 1.43. The quantitative estimate of drug-likeness (QED) is 0.162. The van der Waals surface area contributed by atoms with Gasteiger partial charge in [0.2, 0.25) is 17.7 Å². The summed E-state index contributed by atoms with van der Waals surface area (Å²) in [6.45, 7) is 8.86. The molecular formula is C34H46N6O8S. The number of carboxylic acids is 1. The van der Waals surface area contributed by atoms with Crippen molar-refractivity contribution >= 4 is 52.8 Å². The molecule has 1 aliphatic heterocycles. The van der Waals surface area contributed by atoms with Crippen molar-refractivity contribution in [1.82, 2.24) is 19.6 Å². The van der Waals surface area contributed by atoms with Crippen LogP contribution in [0.4, 0.5) is 5.69 Å². The number of nitrogens with zero attached hydrogens (tertiary/aromatic N) is 4. The molecule has 1 aromatic heterocycles.